The zero-order valence-electron chi connectivity index (χ0n) is 20.5. The Morgan fingerprint density at radius 3 is 2.53 bits per heavy atom. The zero-order valence-corrected chi connectivity index (χ0v) is 20.5. The van der Waals surface area contributed by atoms with Gasteiger partial charge in [0.1, 0.15) is 12.4 Å². The second-order valence-electron chi connectivity index (χ2n) is 10.2. The van der Waals surface area contributed by atoms with Crippen molar-refractivity contribution in [1.82, 2.24) is 0 Å². The molecule has 0 aromatic rings. The second kappa shape index (κ2) is 11.3. The van der Waals surface area contributed by atoms with E-state index in [1.165, 1.54) is 6.92 Å². The lowest BCUT2D eigenvalue weighted by Crippen LogP contribution is -2.60. The van der Waals surface area contributed by atoms with Gasteiger partial charge < -0.3 is 23.7 Å². The number of hydrogen-bond donors (Lipinski definition) is 0. The van der Waals surface area contributed by atoms with Gasteiger partial charge in [0.2, 0.25) is 0 Å². The summed E-state index contributed by atoms with van der Waals surface area (Å²) >= 11 is 0. The molecule has 3 aliphatic rings. The van der Waals surface area contributed by atoms with Crippen molar-refractivity contribution in [1.29, 1.82) is 0 Å². The van der Waals surface area contributed by atoms with Crippen LogP contribution in [0.1, 0.15) is 79.6 Å². The monoisotopic (exact) mass is 450 g/mol. The average molecular weight is 451 g/mol. The smallest absolute Gasteiger partial charge is 0.303 e. The molecule has 6 heteroatoms. The highest BCUT2D eigenvalue weighted by molar-refractivity contribution is 5.66. The van der Waals surface area contributed by atoms with Gasteiger partial charge in [0.15, 0.2) is 0 Å². The SMILES string of the molecule is C=C1C(C[C@@H]2O[C@H]3CC(C)[C@@H](CCC)O[C@H]3[C@H](C)[C@H]2OC(C)=O)O[C@@H](CCC=O)C[C@H]1C. The first-order chi connectivity index (χ1) is 15.2. The van der Waals surface area contributed by atoms with Crippen molar-refractivity contribution >= 4 is 12.3 Å². The summed E-state index contributed by atoms with van der Waals surface area (Å²) in [5.41, 5.74) is 1.06. The van der Waals surface area contributed by atoms with Crippen LogP contribution in [0.4, 0.5) is 0 Å². The van der Waals surface area contributed by atoms with E-state index in [1.54, 1.807) is 0 Å². The molecule has 3 rings (SSSR count). The molecule has 32 heavy (non-hydrogen) atoms. The molecule has 0 bridgehead atoms. The molecule has 3 aliphatic heterocycles. The van der Waals surface area contributed by atoms with Crippen molar-refractivity contribution in [3.05, 3.63) is 12.2 Å². The third-order valence-corrected chi connectivity index (χ3v) is 7.64. The number of aldehydes is 1. The number of hydrogen-bond acceptors (Lipinski definition) is 6. The van der Waals surface area contributed by atoms with Gasteiger partial charge in [-0.3, -0.25) is 4.79 Å². The Balaban J connectivity index is 1.76. The summed E-state index contributed by atoms with van der Waals surface area (Å²) in [4.78, 5) is 22.8. The fourth-order valence-corrected chi connectivity index (χ4v) is 5.80. The lowest BCUT2D eigenvalue weighted by atomic mass is 9.78. The summed E-state index contributed by atoms with van der Waals surface area (Å²) in [5.74, 6) is 0.487. The number of carbonyl (C=O) groups excluding carboxylic acids is 2. The van der Waals surface area contributed by atoms with E-state index in [2.05, 4.69) is 34.3 Å². The van der Waals surface area contributed by atoms with Gasteiger partial charge >= 0.3 is 5.97 Å². The molecule has 0 amide bonds. The van der Waals surface area contributed by atoms with E-state index in [1.807, 2.05) is 0 Å². The first-order valence-corrected chi connectivity index (χ1v) is 12.5. The lowest BCUT2D eigenvalue weighted by molar-refractivity contribution is -0.263. The van der Waals surface area contributed by atoms with Gasteiger partial charge in [0, 0.05) is 25.7 Å². The van der Waals surface area contributed by atoms with Crippen LogP contribution in [-0.4, -0.2) is 55.0 Å². The number of ether oxygens (including phenoxy) is 4. The number of carbonyl (C=O) groups is 2. The molecule has 0 radical (unpaired) electrons. The van der Waals surface area contributed by atoms with Crippen LogP contribution in [0.5, 0.6) is 0 Å². The van der Waals surface area contributed by atoms with E-state index in [-0.39, 0.29) is 54.6 Å². The molecule has 10 atom stereocenters. The van der Waals surface area contributed by atoms with E-state index < -0.39 is 0 Å². The zero-order chi connectivity index (χ0) is 23.4. The third kappa shape index (κ3) is 5.81. The van der Waals surface area contributed by atoms with Crippen molar-refractivity contribution in [3.63, 3.8) is 0 Å². The Labute approximate surface area is 193 Å². The fraction of sp³-hybridized carbons (Fsp3) is 0.846. The first-order valence-electron chi connectivity index (χ1n) is 12.5. The van der Waals surface area contributed by atoms with E-state index in [0.717, 1.165) is 44.0 Å². The van der Waals surface area contributed by atoms with E-state index >= 15 is 0 Å². The molecule has 2 unspecified atom stereocenters. The lowest BCUT2D eigenvalue weighted by Gasteiger charge is -2.51. The molecule has 0 N–H and O–H groups in total. The molecule has 0 saturated carbocycles. The molecule has 3 heterocycles. The van der Waals surface area contributed by atoms with Crippen molar-refractivity contribution in [2.24, 2.45) is 17.8 Å². The predicted molar refractivity (Wildman–Crippen MR) is 122 cm³/mol. The van der Waals surface area contributed by atoms with Crippen molar-refractivity contribution in [3.8, 4) is 0 Å². The third-order valence-electron chi connectivity index (χ3n) is 7.64. The largest absolute Gasteiger partial charge is 0.459 e. The van der Waals surface area contributed by atoms with Gasteiger partial charge in [-0.05, 0) is 43.1 Å². The van der Waals surface area contributed by atoms with Crippen molar-refractivity contribution in [2.45, 2.75) is 122 Å². The molecular formula is C26H42O6. The van der Waals surface area contributed by atoms with Gasteiger partial charge in [-0.2, -0.15) is 0 Å². The van der Waals surface area contributed by atoms with Crippen LogP contribution in [-0.2, 0) is 28.5 Å². The van der Waals surface area contributed by atoms with Crippen LogP contribution in [0.25, 0.3) is 0 Å². The molecule has 182 valence electrons. The Kier molecular flexibility index (Phi) is 8.93. The maximum Gasteiger partial charge on any atom is 0.303 e. The molecular weight excluding hydrogens is 408 g/mol. The summed E-state index contributed by atoms with van der Waals surface area (Å²) in [6.07, 6.45) is 6.09. The fourth-order valence-electron chi connectivity index (χ4n) is 5.80. The van der Waals surface area contributed by atoms with Gasteiger partial charge in [0.25, 0.3) is 0 Å². The van der Waals surface area contributed by atoms with Gasteiger partial charge in [-0.15, -0.1) is 0 Å². The quantitative estimate of drug-likeness (QED) is 0.305. The Morgan fingerprint density at radius 1 is 1.12 bits per heavy atom. The number of rotatable bonds is 8. The first kappa shape index (κ1) is 25.4. The van der Waals surface area contributed by atoms with Crippen LogP contribution < -0.4 is 0 Å². The Morgan fingerprint density at radius 2 is 1.88 bits per heavy atom. The molecule has 3 fully saturated rings. The molecule has 0 aromatic heterocycles. The van der Waals surface area contributed by atoms with E-state index in [0.29, 0.717) is 24.7 Å². The summed E-state index contributed by atoms with van der Waals surface area (Å²) < 4.78 is 25.3. The summed E-state index contributed by atoms with van der Waals surface area (Å²) in [7, 11) is 0. The van der Waals surface area contributed by atoms with Crippen molar-refractivity contribution in [2.75, 3.05) is 0 Å². The standard InChI is InChI=1S/C26H42O6/c1-7-9-21-16(3)13-23-26(32-21)18(5)25(29-19(6)28)24(31-23)14-22-17(4)15(2)12-20(30-22)10-8-11-27/h11,15-16,18,20-26H,4,7-10,12-14H2,1-3,5-6H3/t15-,16?,18-,20+,21-,22?,23+,24+,25-,26+/m1/s1. The number of esters is 1. The average Bonchev–Trinajstić information content (AvgIpc) is 2.73. The Hall–Kier alpha value is -1.24. The highest BCUT2D eigenvalue weighted by atomic mass is 16.6. The van der Waals surface area contributed by atoms with Crippen LogP contribution in [0.2, 0.25) is 0 Å². The van der Waals surface area contributed by atoms with E-state index in [4.69, 9.17) is 18.9 Å². The van der Waals surface area contributed by atoms with Gasteiger partial charge in [-0.25, -0.2) is 0 Å². The minimum Gasteiger partial charge on any atom is -0.459 e. The second-order valence-corrected chi connectivity index (χ2v) is 10.2. The molecule has 0 aliphatic carbocycles. The topological polar surface area (TPSA) is 71.1 Å². The maximum atomic E-state index is 12.0. The normalized spacial score (nSPS) is 42.2. The van der Waals surface area contributed by atoms with E-state index in [9.17, 15) is 9.59 Å². The van der Waals surface area contributed by atoms with Gasteiger partial charge in [-0.1, -0.05) is 40.7 Å². The Bertz CT molecular complexity index is 663. The number of fused-ring (bicyclic) bond motifs is 1. The van der Waals surface area contributed by atoms with Gasteiger partial charge in [0.05, 0.1) is 36.6 Å². The summed E-state index contributed by atoms with van der Waals surface area (Å²) in [6.45, 7) is 14.5. The molecule has 6 nitrogen and oxygen atoms in total. The van der Waals surface area contributed by atoms with Crippen LogP contribution in [0.15, 0.2) is 12.2 Å². The highest BCUT2D eigenvalue weighted by Crippen LogP contribution is 2.42. The van der Waals surface area contributed by atoms with Crippen molar-refractivity contribution < 1.29 is 28.5 Å². The van der Waals surface area contributed by atoms with Crippen LogP contribution in [0, 0.1) is 17.8 Å². The summed E-state index contributed by atoms with van der Waals surface area (Å²) in [5, 5.41) is 0. The predicted octanol–water partition coefficient (Wildman–Crippen LogP) is 4.63. The minimum absolute atomic E-state index is 0.00921. The highest BCUT2D eigenvalue weighted by Gasteiger charge is 2.50. The van der Waals surface area contributed by atoms with Crippen LogP contribution in [0.3, 0.4) is 0 Å². The summed E-state index contributed by atoms with van der Waals surface area (Å²) in [6, 6.07) is 0. The molecule has 0 aromatic carbocycles. The molecule has 3 saturated heterocycles. The minimum atomic E-state index is -0.383. The van der Waals surface area contributed by atoms with Crippen LogP contribution >= 0.6 is 0 Å². The molecule has 0 spiro atoms. The maximum absolute atomic E-state index is 12.0.